The summed E-state index contributed by atoms with van der Waals surface area (Å²) in [6.07, 6.45) is 3.14. The van der Waals surface area contributed by atoms with Crippen molar-refractivity contribution in [3.05, 3.63) is 36.0 Å². The van der Waals surface area contributed by atoms with Crippen molar-refractivity contribution in [2.75, 3.05) is 19.6 Å². The molecule has 22 heavy (non-hydrogen) atoms. The van der Waals surface area contributed by atoms with Gasteiger partial charge in [-0.1, -0.05) is 25.1 Å². The minimum absolute atomic E-state index is 0.0234. The molecule has 0 bridgehead atoms. The van der Waals surface area contributed by atoms with Gasteiger partial charge in [0.05, 0.1) is 6.42 Å². The molecule has 1 aromatic carbocycles. The molecule has 2 rings (SSSR count). The largest absolute Gasteiger partial charge is 0.361 e. The molecule has 0 saturated heterocycles. The molecule has 0 unspecified atom stereocenters. The second-order valence-electron chi connectivity index (χ2n) is 5.39. The quantitative estimate of drug-likeness (QED) is 0.822. The molecule has 2 amide bonds. The summed E-state index contributed by atoms with van der Waals surface area (Å²) in [5.41, 5.74) is 2.03. The third kappa shape index (κ3) is 4.10. The molecule has 0 aliphatic carbocycles. The molecule has 1 heterocycles. The number of rotatable bonds is 7. The van der Waals surface area contributed by atoms with Gasteiger partial charge in [0.1, 0.15) is 0 Å². The molecule has 0 fully saturated rings. The molecule has 0 saturated carbocycles. The summed E-state index contributed by atoms with van der Waals surface area (Å²) < 4.78 is 0. The fraction of sp³-hybridized carbons (Fsp3) is 0.412. The van der Waals surface area contributed by atoms with Crippen molar-refractivity contribution in [1.82, 2.24) is 15.2 Å². The number of carbonyl (C=O) groups excluding carboxylic acids is 2. The average Bonchev–Trinajstić information content (AvgIpc) is 2.89. The van der Waals surface area contributed by atoms with Crippen molar-refractivity contribution in [1.29, 1.82) is 0 Å². The van der Waals surface area contributed by atoms with Crippen LogP contribution in [0.1, 0.15) is 25.8 Å². The number of fused-ring (bicyclic) bond motifs is 1. The van der Waals surface area contributed by atoms with Gasteiger partial charge in [0.25, 0.3) is 0 Å². The highest BCUT2D eigenvalue weighted by Gasteiger charge is 2.10. The van der Waals surface area contributed by atoms with E-state index in [0.29, 0.717) is 19.5 Å². The van der Waals surface area contributed by atoms with E-state index in [0.717, 1.165) is 29.4 Å². The Bertz CT molecular complexity index is 648. The van der Waals surface area contributed by atoms with E-state index in [-0.39, 0.29) is 11.8 Å². The molecule has 2 aromatic rings. The van der Waals surface area contributed by atoms with Gasteiger partial charge in [-0.2, -0.15) is 0 Å². The molecule has 0 aliphatic rings. The van der Waals surface area contributed by atoms with Gasteiger partial charge in [0.2, 0.25) is 11.8 Å². The van der Waals surface area contributed by atoms with Crippen molar-refractivity contribution in [3.8, 4) is 0 Å². The number of amides is 2. The fourth-order valence-electron chi connectivity index (χ4n) is 2.54. The summed E-state index contributed by atoms with van der Waals surface area (Å²) in [5, 5.41) is 3.96. The monoisotopic (exact) mass is 301 g/mol. The summed E-state index contributed by atoms with van der Waals surface area (Å²) in [4.78, 5) is 28.4. The number of aromatic amines is 1. The van der Waals surface area contributed by atoms with Crippen LogP contribution in [0.25, 0.3) is 10.9 Å². The summed E-state index contributed by atoms with van der Waals surface area (Å²) in [5.74, 6) is 0.0254. The van der Waals surface area contributed by atoms with Gasteiger partial charge in [-0.15, -0.1) is 0 Å². The number of benzene rings is 1. The van der Waals surface area contributed by atoms with Gasteiger partial charge in [0, 0.05) is 43.7 Å². The third-order valence-corrected chi connectivity index (χ3v) is 3.67. The number of nitrogens with zero attached hydrogens (tertiary/aromatic N) is 1. The van der Waals surface area contributed by atoms with E-state index in [4.69, 9.17) is 0 Å². The molecule has 0 atom stereocenters. The lowest BCUT2D eigenvalue weighted by Gasteiger charge is -2.20. The second-order valence-corrected chi connectivity index (χ2v) is 5.39. The summed E-state index contributed by atoms with van der Waals surface area (Å²) >= 11 is 0. The number of para-hydroxylation sites is 1. The van der Waals surface area contributed by atoms with Crippen LogP contribution in [0.2, 0.25) is 0 Å². The lowest BCUT2D eigenvalue weighted by Crippen LogP contribution is -2.38. The second kappa shape index (κ2) is 7.64. The third-order valence-electron chi connectivity index (χ3n) is 3.67. The zero-order chi connectivity index (χ0) is 15.9. The number of hydrogen-bond acceptors (Lipinski definition) is 2. The Morgan fingerprint density at radius 3 is 2.73 bits per heavy atom. The van der Waals surface area contributed by atoms with Gasteiger partial charge in [-0.25, -0.2) is 0 Å². The van der Waals surface area contributed by atoms with Crippen molar-refractivity contribution < 1.29 is 9.59 Å². The van der Waals surface area contributed by atoms with Crippen LogP contribution < -0.4 is 5.32 Å². The highest BCUT2D eigenvalue weighted by molar-refractivity contribution is 5.88. The van der Waals surface area contributed by atoms with Crippen LogP contribution in [-0.4, -0.2) is 41.3 Å². The maximum atomic E-state index is 12.0. The Hall–Kier alpha value is -2.30. The van der Waals surface area contributed by atoms with Gasteiger partial charge in [-0.3, -0.25) is 9.59 Å². The smallest absolute Gasteiger partial charge is 0.224 e. The Labute approximate surface area is 130 Å². The molecule has 118 valence electrons. The number of hydrogen-bond donors (Lipinski definition) is 2. The predicted octanol–water partition coefficient (Wildman–Crippen LogP) is 2.09. The molecular formula is C17H23N3O2. The molecule has 5 nitrogen and oxygen atoms in total. The SMILES string of the molecule is CCCN(CCNC(=O)Cc1c[nH]c2ccccc12)C(C)=O. The van der Waals surface area contributed by atoms with E-state index >= 15 is 0 Å². The normalized spacial score (nSPS) is 10.6. The first kappa shape index (κ1) is 16.1. The van der Waals surface area contributed by atoms with E-state index in [1.165, 1.54) is 0 Å². The maximum absolute atomic E-state index is 12.0. The van der Waals surface area contributed by atoms with Crippen LogP contribution in [0.4, 0.5) is 0 Å². The zero-order valence-electron chi connectivity index (χ0n) is 13.2. The Kier molecular flexibility index (Phi) is 5.58. The molecular weight excluding hydrogens is 278 g/mol. The van der Waals surface area contributed by atoms with Crippen molar-refractivity contribution in [3.63, 3.8) is 0 Å². The minimum atomic E-state index is -0.0234. The van der Waals surface area contributed by atoms with Crippen LogP contribution in [0, 0.1) is 0 Å². The van der Waals surface area contributed by atoms with Gasteiger partial charge >= 0.3 is 0 Å². The highest BCUT2D eigenvalue weighted by Crippen LogP contribution is 2.17. The van der Waals surface area contributed by atoms with Gasteiger partial charge < -0.3 is 15.2 Å². The first-order valence-electron chi connectivity index (χ1n) is 7.69. The van der Waals surface area contributed by atoms with E-state index in [1.807, 2.05) is 37.4 Å². The van der Waals surface area contributed by atoms with Crippen molar-refractivity contribution in [2.45, 2.75) is 26.7 Å². The number of aromatic nitrogens is 1. The number of carbonyl (C=O) groups is 2. The fourth-order valence-corrected chi connectivity index (χ4v) is 2.54. The van der Waals surface area contributed by atoms with Gasteiger partial charge in [0.15, 0.2) is 0 Å². The lowest BCUT2D eigenvalue weighted by atomic mass is 10.1. The molecule has 1 aromatic heterocycles. The maximum Gasteiger partial charge on any atom is 0.224 e. The Morgan fingerprint density at radius 2 is 2.00 bits per heavy atom. The summed E-state index contributed by atoms with van der Waals surface area (Å²) in [6, 6.07) is 7.93. The Morgan fingerprint density at radius 1 is 1.23 bits per heavy atom. The van der Waals surface area contributed by atoms with Crippen LogP contribution >= 0.6 is 0 Å². The lowest BCUT2D eigenvalue weighted by molar-refractivity contribution is -0.129. The van der Waals surface area contributed by atoms with E-state index in [2.05, 4.69) is 10.3 Å². The predicted molar refractivity (Wildman–Crippen MR) is 87.6 cm³/mol. The van der Waals surface area contributed by atoms with E-state index < -0.39 is 0 Å². The molecule has 5 heteroatoms. The summed E-state index contributed by atoms with van der Waals surface area (Å²) in [6.45, 7) is 5.37. The minimum Gasteiger partial charge on any atom is -0.361 e. The first-order chi connectivity index (χ1) is 10.6. The van der Waals surface area contributed by atoms with Crippen molar-refractivity contribution in [2.24, 2.45) is 0 Å². The first-order valence-corrected chi connectivity index (χ1v) is 7.69. The zero-order valence-corrected chi connectivity index (χ0v) is 13.2. The average molecular weight is 301 g/mol. The highest BCUT2D eigenvalue weighted by atomic mass is 16.2. The van der Waals surface area contributed by atoms with Crippen LogP contribution in [-0.2, 0) is 16.0 Å². The van der Waals surface area contributed by atoms with Gasteiger partial charge in [-0.05, 0) is 18.1 Å². The molecule has 0 aliphatic heterocycles. The number of nitrogens with one attached hydrogen (secondary N) is 2. The molecule has 0 spiro atoms. The molecule has 2 N–H and O–H groups in total. The van der Waals surface area contributed by atoms with E-state index in [1.54, 1.807) is 11.8 Å². The summed E-state index contributed by atoms with van der Waals surface area (Å²) in [7, 11) is 0. The molecule has 0 radical (unpaired) electrons. The van der Waals surface area contributed by atoms with Crippen molar-refractivity contribution >= 4 is 22.7 Å². The Balaban J connectivity index is 1.84. The standard InChI is InChI=1S/C17H23N3O2/c1-3-9-20(13(2)21)10-8-18-17(22)11-14-12-19-16-7-5-4-6-15(14)16/h4-7,12,19H,3,8-11H2,1-2H3,(H,18,22). The number of H-pyrrole nitrogens is 1. The topological polar surface area (TPSA) is 65.2 Å². The van der Waals surface area contributed by atoms with E-state index in [9.17, 15) is 9.59 Å². The van der Waals surface area contributed by atoms with Crippen LogP contribution in [0.3, 0.4) is 0 Å². The van der Waals surface area contributed by atoms with Crippen LogP contribution in [0.15, 0.2) is 30.5 Å². The van der Waals surface area contributed by atoms with Crippen LogP contribution in [0.5, 0.6) is 0 Å².